The summed E-state index contributed by atoms with van der Waals surface area (Å²) in [5.74, 6) is -1.63. The number of cyclic esters (lactones) is 2. The first kappa shape index (κ1) is 16.1. The van der Waals surface area contributed by atoms with Crippen LogP contribution in [0.4, 0.5) is 4.39 Å². The summed E-state index contributed by atoms with van der Waals surface area (Å²) in [4.78, 5) is 40.4. The monoisotopic (exact) mass is 403 g/mol. The molecule has 2 aromatic rings. The molecule has 6 rings (SSSR count). The molecule has 27 heavy (non-hydrogen) atoms. The molecule has 2 saturated carbocycles. The number of H-pyrrole nitrogens is 1. The molecule has 138 valence electrons. The largest absolute Gasteiger partial charge is 0.393 e. The Hall–Kier alpha value is -1.93. The van der Waals surface area contributed by atoms with E-state index in [1.54, 1.807) is 23.9 Å². The van der Waals surface area contributed by atoms with E-state index in [4.69, 9.17) is 4.74 Å². The fraction of sp³-hybridized carbons (Fsp3) is 0.421. The number of hydrogen-bond donors (Lipinski definition) is 1. The van der Waals surface area contributed by atoms with E-state index >= 15 is 0 Å². The molecule has 2 bridgehead atoms. The van der Waals surface area contributed by atoms with E-state index in [2.05, 4.69) is 4.98 Å². The quantitative estimate of drug-likeness (QED) is 0.585. The van der Waals surface area contributed by atoms with Crippen molar-refractivity contribution in [3.8, 4) is 0 Å². The first-order valence-corrected chi connectivity index (χ1v) is 10.6. The van der Waals surface area contributed by atoms with Crippen molar-refractivity contribution < 1.29 is 18.7 Å². The van der Waals surface area contributed by atoms with Crippen LogP contribution in [-0.4, -0.2) is 22.2 Å². The van der Waals surface area contributed by atoms with E-state index < -0.39 is 5.97 Å². The molecule has 0 radical (unpaired) electrons. The van der Waals surface area contributed by atoms with Crippen molar-refractivity contribution in [2.24, 2.45) is 29.6 Å². The summed E-state index contributed by atoms with van der Waals surface area (Å²) in [5, 5.41) is 0.991. The van der Waals surface area contributed by atoms with Gasteiger partial charge < -0.3 is 9.72 Å². The van der Waals surface area contributed by atoms with E-state index in [9.17, 15) is 18.8 Å². The van der Waals surface area contributed by atoms with Crippen LogP contribution in [0, 0.1) is 35.4 Å². The Labute approximate surface area is 161 Å². The predicted octanol–water partition coefficient (Wildman–Crippen LogP) is 2.76. The first-order chi connectivity index (χ1) is 13.0. The Morgan fingerprint density at radius 2 is 1.74 bits per heavy atom. The SMILES string of the molecule is O=C1OC(=O)C2C3CC(C4Sc5[nH]c(=O)sc5C(c5ccc(F)cc5)C34)C12. The molecule has 5 nitrogen and oxygen atoms in total. The lowest BCUT2D eigenvalue weighted by molar-refractivity contribution is -0.154. The van der Waals surface area contributed by atoms with Crippen LogP contribution in [0.2, 0.25) is 0 Å². The smallest absolute Gasteiger partial charge is 0.317 e. The molecule has 7 atom stereocenters. The predicted molar refractivity (Wildman–Crippen MR) is 96.0 cm³/mol. The molecular weight excluding hydrogens is 389 g/mol. The highest BCUT2D eigenvalue weighted by atomic mass is 32.2. The maximum absolute atomic E-state index is 13.5. The van der Waals surface area contributed by atoms with E-state index in [1.807, 2.05) is 0 Å². The van der Waals surface area contributed by atoms with Gasteiger partial charge in [-0.1, -0.05) is 23.5 Å². The molecule has 1 N–H and O–H groups in total. The molecule has 1 aromatic carbocycles. The Kier molecular flexibility index (Phi) is 3.17. The molecular formula is C19H14FNO4S2. The van der Waals surface area contributed by atoms with E-state index in [0.29, 0.717) is 0 Å². The standard InChI is InChI=1S/C19H14FNO4S2/c20-7-3-1-6(2-4-7)10-11-8-5-9(13-12(8)17(22)25-18(13)23)14(11)26-16-15(10)27-19(24)21-16/h1-4,8-14H,5H2,(H,21,24). The average molecular weight is 403 g/mol. The summed E-state index contributed by atoms with van der Waals surface area (Å²) in [5.41, 5.74) is 0.949. The zero-order valence-corrected chi connectivity index (χ0v) is 15.5. The van der Waals surface area contributed by atoms with Gasteiger partial charge in [0, 0.05) is 16.0 Å². The van der Waals surface area contributed by atoms with Crippen LogP contribution in [0.25, 0.3) is 0 Å². The normalized spacial score (nSPS) is 38.5. The van der Waals surface area contributed by atoms with Gasteiger partial charge in [0.05, 0.1) is 16.9 Å². The van der Waals surface area contributed by atoms with Crippen molar-refractivity contribution in [3.63, 3.8) is 0 Å². The Morgan fingerprint density at radius 1 is 1.04 bits per heavy atom. The van der Waals surface area contributed by atoms with Crippen molar-refractivity contribution in [1.29, 1.82) is 0 Å². The second-order valence-electron chi connectivity index (χ2n) is 7.75. The number of carbonyl (C=O) groups is 2. The van der Waals surface area contributed by atoms with Gasteiger partial charge in [-0.15, -0.1) is 11.8 Å². The maximum atomic E-state index is 13.5. The third-order valence-electron chi connectivity index (χ3n) is 6.69. The van der Waals surface area contributed by atoms with Crippen molar-refractivity contribution in [2.75, 3.05) is 0 Å². The van der Waals surface area contributed by atoms with Crippen LogP contribution >= 0.6 is 23.1 Å². The number of ether oxygens (including phenoxy) is 1. The van der Waals surface area contributed by atoms with E-state index in [-0.39, 0.29) is 57.4 Å². The molecule has 2 aliphatic heterocycles. The van der Waals surface area contributed by atoms with Crippen LogP contribution in [0.15, 0.2) is 34.1 Å². The maximum Gasteiger partial charge on any atom is 0.317 e. The summed E-state index contributed by atoms with van der Waals surface area (Å²) >= 11 is 2.82. The van der Waals surface area contributed by atoms with E-state index in [0.717, 1.165) is 21.9 Å². The fourth-order valence-corrected chi connectivity index (χ4v) is 8.75. The number of rotatable bonds is 1. The van der Waals surface area contributed by atoms with Crippen molar-refractivity contribution in [2.45, 2.75) is 22.6 Å². The summed E-state index contributed by atoms with van der Waals surface area (Å²) < 4.78 is 18.4. The van der Waals surface area contributed by atoms with Crippen LogP contribution in [0.5, 0.6) is 0 Å². The van der Waals surface area contributed by atoms with Gasteiger partial charge in [0.1, 0.15) is 5.82 Å². The Balaban J connectivity index is 1.52. The molecule has 1 aromatic heterocycles. The number of nitrogens with one attached hydrogen (secondary N) is 1. The van der Waals surface area contributed by atoms with Crippen LogP contribution < -0.4 is 4.87 Å². The molecule has 0 amide bonds. The van der Waals surface area contributed by atoms with Gasteiger partial charge in [-0.05, 0) is 41.9 Å². The molecule has 2 aliphatic carbocycles. The van der Waals surface area contributed by atoms with Gasteiger partial charge >= 0.3 is 16.8 Å². The third-order valence-corrected chi connectivity index (χ3v) is 9.28. The average Bonchev–Trinajstić information content (AvgIpc) is 3.35. The number of thiazole rings is 1. The highest BCUT2D eigenvalue weighted by molar-refractivity contribution is 8.00. The van der Waals surface area contributed by atoms with Crippen LogP contribution in [0.1, 0.15) is 22.8 Å². The molecule has 1 saturated heterocycles. The minimum atomic E-state index is -0.396. The zero-order chi connectivity index (χ0) is 18.4. The lowest BCUT2D eigenvalue weighted by atomic mass is 9.68. The molecule has 4 aliphatic rings. The van der Waals surface area contributed by atoms with Crippen molar-refractivity contribution >= 4 is 35.0 Å². The second-order valence-corrected chi connectivity index (χ2v) is 9.96. The highest BCUT2D eigenvalue weighted by Gasteiger charge is 2.69. The number of aromatic amines is 1. The van der Waals surface area contributed by atoms with Gasteiger partial charge in [-0.2, -0.15) is 0 Å². The molecule has 3 fully saturated rings. The van der Waals surface area contributed by atoms with Crippen LogP contribution in [0.3, 0.4) is 0 Å². The fourth-order valence-electron chi connectivity index (χ4n) is 5.86. The topological polar surface area (TPSA) is 76.2 Å². The highest BCUT2D eigenvalue weighted by Crippen LogP contribution is 2.68. The Morgan fingerprint density at radius 3 is 2.48 bits per heavy atom. The minimum absolute atomic E-state index is 0.0526. The second kappa shape index (κ2) is 5.32. The zero-order valence-electron chi connectivity index (χ0n) is 13.9. The van der Waals surface area contributed by atoms with Crippen molar-refractivity contribution in [3.05, 3.63) is 50.2 Å². The summed E-state index contributed by atoms with van der Waals surface area (Å²) in [7, 11) is 0. The van der Waals surface area contributed by atoms with Gasteiger partial charge in [0.2, 0.25) is 0 Å². The number of fused-ring (bicyclic) bond motifs is 9. The number of hydrogen-bond acceptors (Lipinski definition) is 6. The number of halogens is 1. The molecule has 7 unspecified atom stereocenters. The third kappa shape index (κ3) is 2.03. The first-order valence-electron chi connectivity index (χ1n) is 8.93. The number of carbonyl (C=O) groups excluding carboxylic acids is 2. The molecule has 3 heterocycles. The van der Waals surface area contributed by atoms with Gasteiger partial charge in [-0.25, -0.2) is 4.39 Å². The number of thioether (sulfide) groups is 1. The lowest BCUT2D eigenvalue weighted by Gasteiger charge is -2.42. The number of aromatic nitrogens is 1. The van der Waals surface area contributed by atoms with E-state index in [1.165, 1.54) is 23.5 Å². The molecule has 0 spiro atoms. The summed E-state index contributed by atoms with van der Waals surface area (Å²) in [6.07, 6.45) is 0.829. The lowest BCUT2D eigenvalue weighted by Crippen LogP contribution is -2.42. The van der Waals surface area contributed by atoms with Gasteiger partial charge in [-0.3, -0.25) is 14.4 Å². The van der Waals surface area contributed by atoms with Crippen molar-refractivity contribution in [1.82, 2.24) is 4.98 Å². The summed E-state index contributed by atoms with van der Waals surface area (Å²) in [6, 6.07) is 6.40. The van der Waals surface area contributed by atoms with Gasteiger partial charge in [0.25, 0.3) is 0 Å². The van der Waals surface area contributed by atoms with Gasteiger partial charge in [0.15, 0.2) is 0 Å². The Bertz CT molecular complexity index is 1040. The minimum Gasteiger partial charge on any atom is -0.393 e. The number of benzene rings is 1. The molecule has 8 heteroatoms. The summed E-state index contributed by atoms with van der Waals surface area (Å²) in [6.45, 7) is 0. The number of esters is 2. The van der Waals surface area contributed by atoms with Crippen LogP contribution in [-0.2, 0) is 14.3 Å².